The molecule has 66 valence electrons. The fourth-order valence-corrected chi connectivity index (χ4v) is 1.13. The van der Waals surface area contributed by atoms with E-state index in [9.17, 15) is 0 Å². The van der Waals surface area contributed by atoms with E-state index in [-0.39, 0.29) is 5.92 Å². The van der Waals surface area contributed by atoms with E-state index in [1.165, 1.54) is 0 Å². The molecule has 0 aliphatic rings. The van der Waals surface area contributed by atoms with Gasteiger partial charge in [-0.2, -0.15) is 0 Å². The first-order chi connectivity index (χ1) is 5.65. The van der Waals surface area contributed by atoms with Gasteiger partial charge < -0.3 is 11.5 Å². The number of pyridine rings is 1. The van der Waals surface area contributed by atoms with E-state index in [4.69, 9.17) is 11.5 Å². The highest BCUT2D eigenvalue weighted by atomic mass is 14.8. The maximum atomic E-state index is 5.78. The van der Waals surface area contributed by atoms with E-state index in [0.717, 1.165) is 16.9 Å². The number of hydrogen-bond acceptors (Lipinski definition) is 3. The molecule has 1 atom stereocenters. The molecule has 0 saturated carbocycles. The quantitative estimate of drug-likeness (QED) is 0.688. The summed E-state index contributed by atoms with van der Waals surface area (Å²) in [4.78, 5) is 4.24. The molecule has 0 saturated heterocycles. The third kappa shape index (κ3) is 1.74. The molecule has 1 heterocycles. The van der Waals surface area contributed by atoms with Gasteiger partial charge in [0.25, 0.3) is 0 Å². The zero-order chi connectivity index (χ0) is 9.14. The van der Waals surface area contributed by atoms with Crippen molar-refractivity contribution >= 4 is 5.69 Å². The summed E-state index contributed by atoms with van der Waals surface area (Å²) in [6, 6.07) is 1.93. The van der Waals surface area contributed by atoms with Gasteiger partial charge in [0.05, 0.1) is 11.4 Å². The molecule has 0 amide bonds. The molecule has 3 nitrogen and oxygen atoms in total. The maximum Gasteiger partial charge on any atom is 0.0673 e. The summed E-state index contributed by atoms with van der Waals surface area (Å²) in [5, 5.41) is 0. The van der Waals surface area contributed by atoms with Crippen LogP contribution in [0.3, 0.4) is 0 Å². The number of anilines is 1. The molecule has 0 aliphatic heterocycles. The van der Waals surface area contributed by atoms with E-state index in [1.54, 1.807) is 0 Å². The van der Waals surface area contributed by atoms with Crippen LogP contribution in [0, 0.1) is 6.92 Å². The van der Waals surface area contributed by atoms with Gasteiger partial charge in [0, 0.05) is 18.7 Å². The SMILES string of the molecule is Cc1cnc(C(C)CN)c(N)c1. The van der Waals surface area contributed by atoms with E-state index in [2.05, 4.69) is 4.98 Å². The van der Waals surface area contributed by atoms with Gasteiger partial charge in [0.15, 0.2) is 0 Å². The lowest BCUT2D eigenvalue weighted by atomic mass is 10.1. The summed E-state index contributed by atoms with van der Waals surface area (Å²) < 4.78 is 0. The molecule has 0 fully saturated rings. The van der Waals surface area contributed by atoms with Gasteiger partial charge in [-0.3, -0.25) is 4.98 Å². The first kappa shape index (κ1) is 9.00. The highest BCUT2D eigenvalue weighted by molar-refractivity contribution is 5.46. The Morgan fingerprint density at radius 3 is 2.75 bits per heavy atom. The van der Waals surface area contributed by atoms with Crippen molar-refractivity contribution in [2.24, 2.45) is 5.73 Å². The Bertz CT molecular complexity index is 270. The number of rotatable bonds is 2. The predicted molar refractivity (Wildman–Crippen MR) is 50.9 cm³/mol. The van der Waals surface area contributed by atoms with Crippen molar-refractivity contribution in [3.05, 3.63) is 23.5 Å². The zero-order valence-electron chi connectivity index (χ0n) is 7.54. The van der Waals surface area contributed by atoms with Crippen molar-refractivity contribution < 1.29 is 0 Å². The van der Waals surface area contributed by atoms with Gasteiger partial charge >= 0.3 is 0 Å². The van der Waals surface area contributed by atoms with Crippen LogP contribution < -0.4 is 11.5 Å². The molecule has 1 aromatic rings. The number of aromatic nitrogens is 1. The lowest BCUT2D eigenvalue weighted by Gasteiger charge is -2.10. The fourth-order valence-electron chi connectivity index (χ4n) is 1.13. The van der Waals surface area contributed by atoms with Gasteiger partial charge in [-0.25, -0.2) is 0 Å². The number of nitrogens with two attached hydrogens (primary N) is 2. The second-order valence-electron chi connectivity index (χ2n) is 3.12. The smallest absolute Gasteiger partial charge is 0.0673 e. The number of nitrogen functional groups attached to an aromatic ring is 1. The Morgan fingerprint density at radius 2 is 2.25 bits per heavy atom. The van der Waals surface area contributed by atoms with Crippen LogP contribution in [0.15, 0.2) is 12.3 Å². The summed E-state index contributed by atoms with van der Waals surface area (Å²) in [6.07, 6.45) is 1.82. The first-order valence-corrected chi connectivity index (χ1v) is 4.07. The van der Waals surface area contributed by atoms with Crippen molar-refractivity contribution in [3.63, 3.8) is 0 Å². The first-order valence-electron chi connectivity index (χ1n) is 4.07. The molecule has 1 rings (SSSR count). The summed E-state index contributed by atoms with van der Waals surface area (Å²) >= 11 is 0. The largest absolute Gasteiger partial charge is 0.397 e. The number of hydrogen-bond donors (Lipinski definition) is 2. The average molecular weight is 165 g/mol. The van der Waals surface area contributed by atoms with E-state index < -0.39 is 0 Å². The number of aryl methyl sites for hydroxylation is 1. The normalized spacial score (nSPS) is 12.9. The lowest BCUT2D eigenvalue weighted by Crippen LogP contribution is -2.12. The Balaban J connectivity index is 3.01. The zero-order valence-corrected chi connectivity index (χ0v) is 7.54. The monoisotopic (exact) mass is 165 g/mol. The fraction of sp³-hybridized carbons (Fsp3) is 0.444. The van der Waals surface area contributed by atoms with Crippen molar-refractivity contribution in [2.75, 3.05) is 12.3 Å². The van der Waals surface area contributed by atoms with Crippen LogP contribution in [0.2, 0.25) is 0 Å². The lowest BCUT2D eigenvalue weighted by molar-refractivity contribution is 0.747. The summed E-state index contributed by atoms with van der Waals surface area (Å²) in [5.41, 5.74) is 14.0. The molecule has 1 aromatic heterocycles. The van der Waals surface area contributed by atoms with Crippen molar-refractivity contribution in [1.82, 2.24) is 4.98 Å². The minimum atomic E-state index is 0.241. The van der Waals surface area contributed by atoms with E-state index in [0.29, 0.717) is 6.54 Å². The molecule has 0 bridgehead atoms. The van der Waals surface area contributed by atoms with Crippen LogP contribution in [-0.2, 0) is 0 Å². The topological polar surface area (TPSA) is 64.9 Å². The Morgan fingerprint density at radius 1 is 1.58 bits per heavy atom. The van der Waals surface area contributed by atoms with Gasteiger partial charge in [-0.15, -0.1) is 0 Å². The molecule has 0 radical (unpaired) electrons. The van der Waals surface area contributed by atoms with Crippen LogP contribution in [0.5, 0.6) is 0 Å². The van der Waals surface area contributed by atoms with Gasteiger partial charge in [0.2, 0.25) is 0 Å². The molecular formula is C9H15N3. The number of nitrogens with zero attached hydrogens (tertiary/aromatic N) is 1. The molecular weight excluding hydrogens is 150 g/mol. The summed E-state index contributed by atoms with van der Waals surface area (Å²) in [5.74, 6) is 0.241. The van der Waals surface area contributed by atoms with Gasteiger partial charge in [0.1, 0.15) is 0 Å². The molecule has 0 spiro atoms. The van der Waals surface area contributed by atoms with Crippen LogP contribution in [0.25, 0.3) is 0 Å². The average Bonchev–Trinajstić information content (AvgIpc) is 2.03. The summed E-state index contributed by atoms with van der Waals surface area (Å²) in [6.45, 7) is 4.58. The standard InChI is InChI=1S/C9H15N3/c1-6-3-8(11)9(12-5-6)7(2)4-10/h3,5,7H,4,10-11H2,1-2H3. The highest BCUT2D eigenvalue weighted by Gasteiger charge is 2.08. The molecule has 1 unspecified atom stereocenters. The molecule has 3 heteroatoms. The van der Waals surface area contributed by atoms with Crippen molar-refractivity contribution in [3.8, 4) is 0 Å². The summed E-state index contributed by atoms with van der Waals surface area (Å²) in [7, 11) is 0. The Hall–Kier alpha value is -1.09. The maximum absolute atomic E-state index is 5.78. The predicted octanol–water partition coefficient (Wildman–Crippen LogP) is 1.03. The minimum Gasteiger partial charge on any atom is -0.397 e. The highest BCUT2D eigenvalue weighted by Crippen LogP contribution is 2.18. The second kappa shape index (κ2) is 3.54. The van der Waals surface area contributed by atoms with Crippen molar-refractivity contribution in [1.29, 1.82) is 0 Å². The molecule has 12 heavy (non-hydrogen) atoms. The second-order valence-corrected chi connectivity index (χ2v) is 3.12. The molecule has 4 N–H and O–H groups in total. The minimum absolute atomic E-state index is 0.241. The van der Waals surface area contributed by atoms with Crippen LogP contribution in [0.1, 0.15) is 24.1 Å². The van der Waals surface area contributed by atoms with Crippen LogP contribution in [-0.4, -0.2) is 11.5 Å². The van der Waals surface area contributed by atoms with Crippen LogP contribution in [0.4, 0.5) is 5.69 Å². The Labute approximate surface area is 72.8 Å². The third-order valence-corrected chi connectivity index (χ3v) is 1.91. The van der Waals surface area contributed by atoms with Crippen molar-refractivity contribution in [2.45, 2.75) is 19.8 Å². The van der Waals surface area contributed by atoms with E-state index in [1.807, 2.05) is 26.1 Å². The van der Waals surface area contributed by atoms with Gasteiger partial charge in [-0.05, 0) is 18.6 Å². The molecule has 0 aromatic carbocycles. The van der Waals surface area contributed by atoms with Crippen LogP contribution >= 0.6 is 0 Å². The Kier molecular flexibility index (Phi) is 2.65. The third-order valence-electron chi connectivity index (χ3n) is 1.91. The van der Waals surface area contributed by atoms with Gasteiger partial charge in [-0.1, -0.05) is 6.92 Å². The van der Waals surface area contributed by atoms with E-state index >= 15 is 0 Å². The molecule has 0 aliphatic carbocycles.